The number of rotatable bonds is 7. The van der Waals surface area contributed by atoms with E-state index in [4.69, 9.17) is 11.6 Å². The number of nitrogens with zero attached hydrogens (tertiary/aromatic N) is 2. The third kappa shape index (κ3) is 4.02. The van der Waals surface area contributed by atoms with Crippen molar-refractivity contribution in [2.75, 3.05) is 25.5 Å². The van der Waals surface area contributed by atoms with Gasteiger partial charge in [0.05, 0.1) is 11.9 Å². The van der Waals surface area contributed by atoms with Gasteiger partial charge in [-0.3, -0.25) is 4.79 Å². The van der Waals surface area contributed by atoms with Gasteiger partial charge in [0.15, 0.2) is 0 Å². The zero-order valence-electron chi connectivity index (χ0n) is 10.3. The number of likely N-dealkylation sites (N-methyl/N-ethyl adjacent to an activating group) is 1. The zero-order valence-corrected chi connectivity index (χ0v) is 11.0. The van der Waals surface area contributed by atoms with Crippen molar-refractivity contribution in [3.8, 4) is 0 Å². The van der Waals surface area contributed by atoms with Gasteiger partial charge in [-0.1, -0.05) is 24.9 Å². The lowest BCUT2D eigenvalue weighted by atomic mass is 10.3. The van der Waals surface area contributed by atoms with E-state index in [-0.39, 0.29) is 10.6 Å². The fourth-order valence-electron chi connectivity index (χ4n) is 1.38. The highest BCUT2D eigenvalue weighted by Crippen LogP contribution is 2.14. The Balaban J connectivity index is 2.76. The fourth-order valence-corrected chi connectivity index (χ4v) is 1.59. The molecule has 1 aromatic heterocycles. The molecule has 0 aromatic carbocycles. The van der Waals surface area contributed by atoms with Crippen LogP contribution in [-0.2, 0) is 6.54 Å². The largest absolute Gasteiger partial charge is 0.381 e. The quantitative estimate of drug-likeness (QED) is 0.725. The highest BCUT2D eigenvalue weighted by Gasteiger charge is 2.08. The summed E-state index contributed by atoms with van der Waals surface area (Å²) in [5, 5.41) is 10.4. The van der Waals surface area contributed by atoms with Crippen LogP contribution in [0.4, 0.5) is 5.69 Å². The van der Waals surface area contributed by atoms with Crippen LogP contribution in [0.2, 0.25) is 5.02 Å². The summed E-state index contributed by atoms with van der Waals surface area (Å²) in [5.74, 6) is 0. The molecule has 17 heavy (non-hydrogen) atoms. The van der Waals surface area contributed by atoms with Crippen LogP contribution in [0.3, 0.4) is 0 Å². The van der Waals surface area contributed by atoms with Crippen molar-refractivity contribution in [2.24, 2.45) is 0 Å². The van der Waals surface area contributed by atoms with Crippen molar-refractivity contribution in [2.45, 2.75) is 26.3 Å². The van der Waals surface area contributed by atoms with E-state index in [2.05, 4.69) is 22.7 Å². The molecule has 0 aliphatic heterocycles. The molecule has 5 nitrogen and oxygen atoms in total. The Hall–Kier alpha value is -1.07. The third-order valence-corrected chi connectivity index (χ3v) is 2.76. The average molecular weight is 259 g/mol. The van der Waals surface area contributed by atoms with Crippen LogP contribution in [-0.4, -0.2) is 29.9 Å². The number of halogens is 1. The highest BCUT2D eigenvalue weighted by atomic mass is 35.5. The average Bonchev–Trinajstić information content (AvgIpc) is 2.34. The van der Waals surface area contributed by atoms with Gasteiger partial charge in [-0.25, -0.2) is 4.68 Å². The van der Waals surface area contributed by atoms with E-state index >= 15 is 0 Å². The minimum Gasteiger partial charge on any atom is -0.381 e. The maximum absolute atomic E-state index is 11.8. The molecule has 0 bridgehead atoms. The Morgan fingerprint density at radius 2 is 2.24 bits per heavy atom. The number of hydrogen-bond donors (Lipinski definition) is 2. The molecule has 6 heteroatoms. The van der Waals surface area contributed by atoms with Gasteiger partial charge in [-0.2, -0.15) is 5.10 Å². The summed E-state index contributed by atoms with van der Waals surface area (Å²) in [6, 6.07) is 0. The Morgan fingerprint density at radius 1 is 1.47 bits per heavy atom. The van der Waals surface area contributed by atoms with Crippen LogP contribution in [0.1, 0.15) is 19.8 Å². The summed E-state index contributed by atoms with van der Waals surface area (Å²) >= 11 is 6.00. The predicted octanol–water partition coefficient (Wildman–Crippen LogP) is 1.33. The van der Waals surface area contributed by atoms with Crippen molar-refractivity contribution < 1.29 is 0 Å². The molecule has 96 valence electrons. The first kappa shape index (κ1) is 14.0. The minimum absolute atomic E-state index is 0.215. The first-order valence-electron chi connectivity index (χ1n) is 5.84. The third-order valence-electron chi connectivity index (χ3n) is 2.40. The molecular formula is C11H19ClN4O. The Labute approximate surface area is 106 Å². The highest BCUT2D eigenvalue weighted by molar-refractivity contribution is 6.32. The molecule has 2 N–H and O–H groups in total. The lowest BCUT2D eigenvalue weighted by molar-refractivity contribution is 0.543. The van der Waals surface area contributed by atoms with Crippen LogP contribution in [0.5, 0.6) is 0 Å². The first-order valence-corrected chi connectivity index (χ1v) is 6.22. The van der Waals surface area contributed by atoms with Gasteiger partial charge in [-0.05, 0) is 13.5 Å². The molecule has 0 aliphatic carbocycles. The summed E-state index contributed by atoms with van der Waals surface area (Å²) in [4.78, 5) is 11.8. The van der Waals surface area contributed by atoms with Crippen LogP contribution in [0.25, 0.3) is 0 Å². The SMILES string of the molecule is CCCCn1ncc(NCCNC)c(Cl)c1=O. The first-order chi connectivity index (χ1) is 8.20. The Kier molecular flexibility index (Phi) is 6.00. The number of anilines is 1. The smallest absolute Gasteiger partial charge is 0.287 e. The topological polar surface area (TPSA) is 59.0 Å². The van der Waals surface area contributed by atoms with E-state index in [1.54, 1.807) is 6.20 Å². The van der Waals surface area contributed by atoms with E-state index < -0.39 is 0 Å². The van der Waals surface area contributed by atoms with Gasteiger partial charge in [0, 0.05) is 19.6 Å². The van der Waals surface area contributed by atoms with Crippen LogP contribution < -0.4 is 16.2 Å². The number of unbranched alkanes of at least 4 members (excludes halogenated alkanes) is 1. The van der Waals surface area contributed by atoms with E-state index in [1.165, 1.54) is 4.68 Å². The standard InChI is InChI=1S/C11H19ClN4O/c1-3-4-7-16-11(17)10(12)9(8-15-16)14-6-5-13-2/h8,13-14H,3-7H2,1-2H3. The van der Waals surface area contributed by atoms with Gasteiger partial charge >= 0.3 is 0 Å². The number of hydrogen-bond acceptors (Lipinski definition) is 4. The Morgan fingerprint density at radius 3 is 2.88 bits per heavy atom. The van der Waals surface area contributed by atoms with Crippen molar-refractivity contribution >= 4 is 17.3 Å². The monoisotopic (exact) mass is 258 g/mol. The maximum atomic E-state index is 11.8. The van der Waals surface area contributed by atoms with Crippen molar-refractivity contribution in [1.29, 1.82) is 0 Å². The number of aryl methyl sites for hydroxylation is 1. The second kappa shape index (κ2) is 7.29. The summed E-state index contributed by atoms with van der Waals surface area (Å²) < 4.78 is 1.41. The summed E-state index contributed by atoms with van der Waals surface area (Å²) in [7, 11) is 1.87. The second-order valence-corrected chi connectivity index (χ2v) is 4.16. The zero-order chi connectivity index (χ0) is 12.7. The molecule has 0 unspecified atom stereocenters. The van der Waals surface area contributed by atoms with Gasteiger partial charge < -0.3 is 10.6 Å². The molecular weight excluding hydrogens is 240 g/mol. The van der Waals surface area contributed by atoms with Crippen LogP contribution in [0.15, 0.2) is 11.0 Å². The van der Waals surface area contributed by atoms with E-state index in [0.717, 1.165) is 19.4 Å². The Bertz CT molecular complexity index is 405. The predicted molar refractivity (Wildman–Crippen MR) is 70.8 cm³/mol. The van der Waals surface area contributed by atoms with E-state index in [9.17, 15) is 4.79 Å². The molecule has 1 rings (SSSR count). The van der Waals surface area contributed by atoms with Gasteiger partial charge in [-0.15, -0.1) is 0 Å². The van der Waals surface area contributed by atoms with Gasteiger partial charge in [0.2, 0.25) is 0 Å². The van der Waals surface area contributed by atoms with Gasteiger partial charge in [0.1, 0.15) is 5.02 Å². The summed E-state index contributed by atoms with van der Waals surface area (Å²) in [6.07, 6.45) is 3.55. The molecule has 0 saturated heterocycles. The molecule has 1 aromatic rings. The summed E-state index contributed by atoms with van der Waals surface area (Å²) in [5.41, 5.74) is 0.370. The van der Waals surface area contributed by atoms with Crippen LogP contribution in [0, 0.1) is 0 Å². The molecule has 1 heterocycles. The lowest BCUT2D eigenvalue weighted by Crippen LogP contribution is -2.25. The molecule has 0 radical (unpaired) electrons. The normalized spacial score (nSPS) is 10.5. The molecule has 0 amide bonds. The fraction of sp³-hybridized carbons (Fsp3) is 0.636. The van der Waals surface area contributed by atoms with Crippen molar-refractivity contribution in [1.82, 2.24) is 15.1 Å². The molecule has 0 fully saturated rings. The molecule has 0 aliphatic rings. The molecule has 0 saturated carbocycles. The number of nitrogens with one attached hydrogen (secondary N) is 2. The van der Waals surface area contributed by atoms with Crippen molar-refractivity contribution in [3.63, 3.8) is 0 Å². The summed E-state index contributed by atoms with van der Waals surface area (Å²) in [6.45, 7) is 4.19. The van der Waals surface area contributed by atoms with E-state index in [1.807, 2.05) is 7.05 Å². The number of aromatic nitrogens is 2. The maximum Gasteiger partial charge on any atom is 0.287 e. The molecule has 0 atom stereocenters. The second-order valence-electron chi connectivity index (χ2n) is 3.78. The van der Waals surface area contributed by atoms with Crippen LogP contribution >= 0.6 is 11.6 Å². The minimum atomic E-state index is -0.227. The van der Waals surface area contributed by atoms with Gasteiger partial charge in [0.25, 0.3) is 5.56 Å². The lowest BCUT2D eigenvalue weighted by Gasteiger charge is -2.09. The van der Waals surface area contributed by atoms with Crippen molar-refractivity contribution in [3.05, 3.63) is 21.6 Å². The molecule has 0 spiro atoms. The van der Waals surface area contributed by atoms with E-state index in [0.29, 0.717) is 18.8 Å².